The van der Waals surface area contributed by atoms with Gasteiger partial charge in [0, 0.05) is 23.8 Å². The van der Waals surface area contributed by atoms with Crippen LogP contribution in [0.25, 0.3) is 0 Å². The van der Waals surface area contributed by atoms with E-state index >= 15 is 0 Å². The molecule has 2 rings (SSSR count). The van der Waals surface area contributed by atoms with E-state index in [4.69, 9.17) is 0 Å². The summed E-state index contributed by atoms with van der Waals surface area (Å²) in [7, 11) is 0. The number of hydrogen-bond donors (Lipinski definition) is 1. The van der Waals surface area contributed by atoms with Crippen LogP contribution in [-0.4, -0.2) is 20.5 Å². The molecule has 22 heavy (non-hydrogen) atoms. The van der Waals surface area contributed by atoms with E-state index in [1.807, 2.05) is 12.1 Å². The molecule has 0 saturated carbocycles. The molecule has 0 aliphatic heterocycles. The molecule has 0 radical (unpaired) electrons. The molecule has 0 spiro atoms. The van der Waals surface area contributed by atoms with Gasteiger partial charge in [-0.3, -0.25) is 18.9 Å². The maximum Gasteiger partial charge on any atom is 0.333 e. The summed E-state index contributed by atoms with van der Waals surface area (Å²) in [5, 5.41) is 10.2. The lowest BCUT2D eigenvalue weighted by atomic mass is 10.3. The maximum absolute atomic E-state index is 12.3. The van der Waals surface area contributed by atoms with Gasteiger partial charge in [0.05, 0.1) is 5.69 Å². The maximum atomic E-state index is 12.3. The minimum Gasteiger partial charge on any atom is -0.494 e. The fourth-order valence-electron chi connectivity index (χ4n) is 2.08. The standard InChI is InChI=1S/C15H16BrN3O3/c1-3-18-13(20)12(14(21)19(4-2)15(18)22)9-17-11-7-5-6-10(16)8-11/h5-9,20H,3-4H2,1-2H3. The van der Waals surface area contributed by atoms with Gasteiger partial charge in [0.2, 0.25) is 5.88 Å². The van der Waals surface area contributed by atoms with Crippen molar-refractivity contribution in [2.24, 2.45) is 4.99 Å². The van der Waals surface area contributed by atoms with Crippen molar-refractivity contribution < 1.29 is 5.11 Å². The first kappa shape index (κ1) is 16.2. The van der Waals surface area contributed by atoms with Gasteiger partial charge in [-0.2, -0.15) is 0 Å². The van der Waals surface area contributed by atoms with Gasteiger partial charge in [-0.1, -0.05) is 22.0 Å². The fourth-order valence-corrected chi connectivity index (χ4v) is 2.47. The van der Waals surface area contributed by atoms with E-state index in [1.54, 1.807) is 26.0 Å². The molecule has 2 aromatic rings. The van der Waals surface area contributed by atoms with Crippen LogP contribution in [0, 0.1) is 0 Å². The summed E-state index contributed by atoms with van der Waals surface area (Å²) < 4.78 is 3.08. The van der Waals surface area contributed by atoms with Gasteiger partial charge >= 0.3 is 5.69 Å². The zero-order valence-corrected chi connectivity index (χ0v) is 13.9. The summed E-state index contributed by atoms with van der Waals surface area (Å²) in [6.07, 6.45) is 1.29. The van der Waals surface area contributed by atoms with Crippen molar-refractivity contribution in [3.05, 3.63) is 55.1 Å². The second kappa shape index (κ2) is 6.74. The van der Waals surface area contributed by atoms with Crippen LogP contribution in [0.5, 0.6) is 5.88 Å². The number of aromatic nitrogens is 2. The number of benzene rings is 1. The predicted octanol–water partition coefficient (Wildman–Crippen LogP) is 2.27. The average molecular weight is 366 g/mol. The number of hydrogen-bond acceptors (Lipinski definition) is 4. The highest BCUT2D eigenvalue weighted by molar-refractivity contribution is 9.10. The molecule has 0 fully saturated rings. The highest BCUT2D eigenvalue weighted by Gasteiger charge is 2.15. The topological polar surface area (TPSA) is 76.6 Å². The summed E-state index contributed by atoms with van der Waals surface area (Å²) in [5.41, 5.74) is -0.436. The van der Waals surface area contributed by atoms with Gasteiger partial charge < -0.3 is 5.11 Å². The van der Waals surface area contributed by atoms with E-state index in [0.717, 1.165) is 13.6 Å². The highest BCUT2D eigenvalue weighted by atomic mass is 79.9. The van der Waals surface area contributed by atoms with E-state index < -0.39 is 11.2 Å². The van der Waals surface area contributed by atoms with Crippen LogP contribution in [0.4, 0.5) is 5.69 Å². The Morgan fingerprint density at radius 2 is 1.91 bits per heavy atom. The summed E-state index contributed by atoms with van der Waals surface area (Å²) in [6, 6.07) is 7.22. The Morgan fingerprint density at radius 1 is 1.23 bits per heavy atom. The van der Waals surface area contributed by atoms with Gasteiger partial charge in [0.25, 0.3) is 5.56 Å². The number of nitrogens with zero attached hydrogens (tertiary/aromatic N) is 3. The molecule has 0 unspecified atom stereocenters. The lowest BCUT2D eigenvalue weighted by Crippen LogP contribution is -2.41. The summed E-state index contributed by atoms with van der Waals surface area (Å²) in [5.74, 6) is -0.360. The summed E-state index contributed by atoms with van der Waals surface area (Å²) >= 11 is 3.34. The minimum absolute atomic E-state index is 0.00303. The quantitative estimate of drug-likeness (QED) is 0.844. The molecule has 0 bridgehead atoms. The van der Waals surface area contributed by atoms with E-state index in [2.05, 4.69) is 20.9 Å². The molecule has 0 aliphatic rings. The monoisotopic (exact) mass is 365 g/mol. The van der Waals surface area contributed by atoms with Crippen LogP contribution in [0.15, 0.2) is 43.3 Å². The van der Waals surface area contributed by atoms with Gasteiger partial charge in [-0.15, -0.1) is 0 Å². The molecular weight excluding hydrogens is 350 g/mol. The van der Waals surface area contributed by atoms with Crippen LogP contribution in [0.2, 0.25) is 0 Å². The first-order valence-electron chi connectivity index (χ1n) is 6.85. The Bertz CT molecular complexity index is 837. The van der Waals surface area contributed by atoms with Crippen molar-refractivity contribution in [3.63, 3.8) is 0 Å². The zero-order valence-electron chi connectivity index (χ0n) is 12.3. The Kier molecular flexibility index (Phi) is 4.97. The van der Waals surface area contributed by atoms with Crippen molar-refractivity contribution >= 4 is 27.8 Å². The Morgan fingerprint density at radius 3 is 2.50 bits per heavy atom. The first-order chi connectivity index (χ1) is 10.5. The van der Waals surface area contributed by atoms with E-state index in [-0.39, 0.29) is 24.5 Å². The van der Waals surface area contributed by atoms with Crippen LogP contribution in [0.1, 0.15) is 19.4 Å². The molecule has 6 nitrogen and oxygen atoms in total. The largest absolute Gasteiger partial charge is 0.494 e. The molecule has 7 heteroatoms. The Hall–Kier alpha value is -2.15. The van der Waals surface area contributed by atoms with Crippen LogP contribution < -0.4 is 11.2 Å². The van der Waals surface area contributed by atoms with E-state index in [0.29, 0.717) is 5.69 Å². The molecule has 0 saturated heterocycles. The molecule has 0 aliphatic carbocycles. The summed E-state index contributed by atoms with van der Waals surface area (Å²) in [4.78, 5) is 28.5. The zero-order chi connectivity index (χ0) is 16.3. The van der Waals surface area contributed by atoms with Gasteiger partial charge in [-0.25, -0.2) is 4.79 Å². The Balaban J connectivity index is 2.60. The van der Waals surface area contributed by atoms with E-state index in [9.17, 15) is 14.7 Å². The molecule has 116 valence electrons. The number of halogens is 1. The van der Waals surface area contributed by atoms with Crippen LogP contribution >= 0.6 is 15.9 Å². The second-order valence-electron chi connectivity index (χ2n) is 4.55. The van der Waals surface area contributed by atoms with Crippen LogP contribution in [-0.2, 0) is 13.1 Å². The van der Waals surface area contributed by atoms with Gasteiger partial charge in [0.1, 0.15) is 5.56 Å². The molecule has 1 aromatic carbocycles. The number of aromatic hydroxyl groups is 1. The van der Waals surface area contributed by atoms with Crippen molar-refractivity contribution in [1.82, 2.24) is 9.13 Å². The van der Waals surface area contributed by atoms with Crippen molar-refractivity contribution in [3.8, 4) is 5.88 Å². The predicted molar refractivity (Wildman–Crippen MR) is 89.4 cm³/mol. The van der Waals surface area contributed by atoms with E-state index in [1.165, 1.54) is 6.21 Å². The molecule has 0 atom stereocenters. The van der Waals surface area contributed by atoms with Crippen molar-refractivity contribution in [1.29, 1.82) is 0 Å². The lowest BCUT2D eigenvalue weighted by molar-refractivity contribution is 0.394. The fraction of sp³-hybridized carbons (Fsp3) is 0.267. The molecular formula is C15H16BrN3O3. The highest BCUT2D eigenvalue weighted by Crippen LogP contribution is 2.18. The number of aliphatic imine (C=N–C) groups is 1. The first-order valence-corrected chi connectivity index (χ1v) is 7.65. The SMILES string of the molecule is CCn1c(O)c(C=Nc2cccc(Br)c2)c(=O)n(CC)c1=O. The van der Waals surface area contributed by atoms with Crippen molar-refractivity contribution in [2.75, 3.05) is 0 Å². The third-order valence-electron chi connectivity index (χ3n) is 3.22. The molecule has 1 aromatic heterocycles. The average Bonchev–Trinajstić information content (AvgIpc) is 2.48. The number of rotatable bonds is 4. The Labute approximate surface area is 135 Å². The summed E-state index contributed by atoms with van der Waals surface area (Å²) in [6.45, 7) is 3.92. The smallest absolute Gasteiger partial charge is 0.333 e. The van der Waals surface area contributed by atoms with Gasteiger partial charge in [-0.05, 0) is 32.0 Å². The molecule has 0 amide bonds. The van der Waals surface area contributed by atoms with Crippen LogP contribution in [0.3, 0.4) is 0 Å². The third kappa shape index (κ3) is 3.04. The van der Waals surface area contributed by atoms with Crippen molar-refractivity contribution in [2.45, 2.75) is 26.9 Å². The minimum atomic E-state index is -0.548. The lowest BCUT2D eigenvalue weighted by Gasteiger charge is -2.11. The second-order valence-corrected chi connectivity index (χ2v) is 5.47. The normalized spacial score (nSPS) is 11.2. The molecule has 1 N–H and O–H groups in total. The van der Waals surface area contributed by atoms with Gasteiger partial charge in [0.15, 0.2) is 0 Å². The third-order valence-corrected chi connectivity index (χ3v) is 3.71. The molecule has 1 heterocycles.